The van der Waals surface area contributed by atoms with Crippen molar-refractivity contribution in [1.29, 1.82) is 0 Å². The second kappa shape index (κ2) is 10.7. The van der Waals surface area contributed by atoms with E-state index in [4.69, 9.17) is 19.3 Å². The van der Waals surface area contributed by atoms with Gasteiger partial charge in [-0.2, -0.15) is 16.8 Å². The molecule has 0 radical (unpaired) electrons. The van der Waals surface area contributed by atoms with Crippen LogP contribution in [-0.4, -0.2) is 36.2 Å². The number of aromatic hydroxyl groups is 2. The highest BCUT2D eigenvalue weighted by molar-refractivity contribution is 7.86. The second-order valence-electron chi connectivity index (χ2n) is 6.06. The molecule has 3 rings (SSSR count). The fourth-order valence-corrected chi connectivity index (χ4v) is 2.84. The van der Waals surface area contributed by atoms with Gasteiger partial charge in [0.2, 0.25) is 0 Å². The van der Waals surface area contributed by atoms with Crippen molar-refractivity contribution in [3.63, 3.8) is 0 Å². The van der Waals surface area contributed by atoms with Crippen molar-refractivity contribution in [2.24, 2.45) is 0 Å². The van der Waals surface area contributed by atoms with Gasteiger partial charge in [0.25, 0.3) is 20.2 Å². The molecule has 0 amide bonds. The predicted octanol–water partition coefficient (Wildman–Crippen LogP) is 3.58. The summed E-state index contributed by atoms with van der Waals surface area (Å²) in [4.78, 5) is -0.133. The van der Waals surface area contributed by atoms with Gasteiger partial charge < -0.3 is 10.2 Å². The van der Waals surface area contributed by atoms with Crippen LogP contribution in [0.25, 0.3) is 0 Å². The summed E-state index contributed by atoms with van der Waals surface area (Å²) in [5.74, 6) is -0.153. The van der Waals surface area contributed by atoms with Crippen LogP contribution in [-0.2, 0) is 20.2 Å². The summed E-state index contributed by atoms with van der Waals surface area (Å²) in [6.07, 6.45) is 0. The third kappa shape index (κ3) is 9.05. The van der Waals surface area contributed by atoms with Crippen LogP contribution >= 0.6 is 0 Å². The number of rotatable bonds is 2. The van der Waals surface area contributed by atoms with E-state index in [1.54, 1.807) is 36.4 Å². The molecule has 30 heavy (non-hydrogen) atoms. The van der Waals surface area contributed by atoms with Gasteiger partial charge in [-0.1, -0.05) is 47.5 Å². The highest BCUT2D eigenvalue weighted by Gasteiger charge is 2.07. The Morgan fingerprint density at radius 3 is 1.00 bits per heavy atom. The zero-order valence-corrected chi connectivity index (χ0v) is 17.8. The van der Waals surface area contributed by atoms with Crippen LogP contribution in [0.3, 0.4) is 0 Å². The number of phenolic OH excluding ortho intramolecular Hbond substituents is 2. The first-order chi connectivity index (χ1) is 13.8. The third-order valence-corrected chi connectivity index (χ3v) is 5.26. The maximum Gasteiger partial charge on any atom is 0.294 e. The van der Waals surface area contributed by atoms with Crippen LogP contribution in [0.2, 0.25) is 0 Å². The molecule has 0 aromatic heterocycles. The molecule has 0 fully saturated rings. The maximum absolute atomic E-state index is 10.5. The molecule has 8 nitrogen and oxygen atoms in total. The smallest absolute Gasteiger partial charge is 0.294 e. The van der Waals surface area contributed by atoms with Gasteiger partial charge >= 0.3 is 0 Å². The molecule has 0 aliphatic carbocycles. The van der Waals surface area contributed by atoms with Crippen molar-refractivity contribution in [2.75, 3.05) is 0 Å². The molecule has 3 aromatic rings. The molecule has 3 aromatic carbocycles. The van der Waals surface area contributed by atoms with Gasteiger partial charge in [-0.15, -0.1) is 0 Å². The fraction of sp³-hybridized carbons (Fsp3) is 0.100. The predicted molar refractivity (Wildman–Crippen MR) is 112 cm³/mol. The maximum atomic E-state index is 10.5. The topological polar surface area (TPSA) is 149 Å². The standard InChI is InChI=1S/2C7H8O3S.C6H6O2/c2*1-6-2-4-7(5-3-6)11(8,9)10;7-5-3-1-2-4-6(5)8/h2*2-5H,1H3,(H,8,9,10);1-4,7-8H. The molecule has 0 unspecified atom stereocenters. The summed E-state index contributed by atoms with van der Waals surface area (Å²) in [7, 11) is -8.04. The molecule has 0 spiro atoms. The van der Waals surface area contributed by atoms with Crippen molar-refractivity contribution >= 4 is 20.2 Å². The Labute approximate surface area is 175 Å². The largest absolute Gasteiger partial charge is 0.504 e. The van der Waals surface area contributed by atoms with E-state index in [0.717, 1.165) is 11.1 Å². The molecule has 162 valence electrons. The van der Waals surface area contributed by atoms with Gasteiger partial charge in [0.15, 0.2) is 11.5 Å². The number of hydrogen-bond acceptors (Lipinski definition) is 6. The zero-order valence-electron chi connectivity index (χ0n) is 16.2. The number of para-hydroxylation sites is 2. The SMILES string of the molecule is Cc1ccc(S(=O)(=O)O)cc1.Cc1ccc(S(=O)(=O)O)cc1.Oc1ccccc1O. The molecule has 0 bridgehead atoms. The Kier molecular flexibility index (Phi) is 8.99. The van der Waals surface area contributed by atoms with Crippen LogP contribution in [0.1, 0.15) is 11.1 Å². The van der Waals surface area contributed by atoms with Crippen molar-refractivity contribution in [1.82, 2.24) is 0 Å². The molecule has 0 aliphatic rings. The first kappa shape index (κ1) is 25.1. The lowest BCUT2D eigenvalue weighted by Gasteiger charge is -1.95. The molecular formula is C20H22O8S2. The van der Waals surface area contributed by atoms with Crippen LogP contribution in [0.5, 0.6) is 11.5 Å². The van der Waals surface area contributed by atoms with Crippen molar-refractivity contribution in [3.8, 4) is 11.5 Å². The van der Waals surface area contributed by atoms with Crippen molar-refractivity contribution < 1.29 is 36.2 Å². The summed E-state index contributed by atoms with van der Waals surface area (Å²) in [5.41, 5.74) is 1.91. The fourth-order valence-electron chi connectivity index (χ4n) is 1.88. The second-order valence-corrected chi connectivity index (χ2v) is 8.91. The third-order valence-electron chi connectivity index (χ3n) is 3.52. The molecule has 0 saturated heterocycles. The molecule has 0 atom stereocenters. The molecule has 0 aliphatic heterocycles. The minimum Gasteiger partial charge on any atom is -0.504 e. The number of aryl methyl sites for hydroxylation is 2. The van der Waals surface area contributed by atoms with Crippen LogP contribution in [0.15, 0.2) is 82.6 Å². The number of hydrogen-bond donors (Lipinski definition) is 4. The van der Waals surface area contributed by atoms with E-state index in [0.29, 0.717) is 0 Å². The Hall–Kier alpha value is -2.92. The van der Waals surface area contributed by atoms with Crippen LogP contribution in [0.4, 0.5) is 0 Å². The summed E-state index contributed by atoms with van der Waals surface area (Å²) < 4.78 is 59.1. The normalized spacial score (nSPS) is 10.8. The van der Waals surface area contributed by atoms with Gasteiger partial charge in [-0.25, -0.2) is 0 Å². The lowest BCUT2D eigenvalue weighted by molar-refractivity contribution is 0.404. The highest BCUT2D eigenvalue weighted by atomic mass is 32.2. The van der Waals surface area contributed by atoms with Gasteiger partial charge in [0, 0.05) is 0 Å². The van der Waals surface area contributed by atoms with Gasteiger partial charge in [0.1, 0.15) is 0 Å². The monoisotopic (exact) mass is 454 g/mol. The van der Waals surface area contributed by atoms with Gasteiger partial charge in [0.05, 0.1) is 9.79 Å². The molecule has 10 heteroatoms. The zero-order chi connectivity index (χ0) is 22.9. The van der Waals surface area contributed by atoms with Crippen LogP contribution in [0, 0.1) is 13.8 Å². The van der Waals surface area contributed by atoms with E-state index in [1.807, 2.05) is 13.8 Å². The molecule has 0 saturated carbocycles. The molecule has 4 N–H and O–H groups in total. The van der Waals surface area contributed by atoms with E-state index in [9.17, 15) is 16.8 Å². The number of phenols is 2. The summed E-state index contributed by atoms with van der Waals surface area (Å²) >= 11 is 0. The summed E-state index contributed by atoms with van der Waals surface area (Å²) in [6.45, 7) is 3.68. The van der Waals surface area contributed by atoms with Gasteiger partial charge in [-0.3, -0.25) is 9.11 Å². The Bertz CT molecular complexity index is 1060. The van der Waals surface area contributed by atoms with E-state index in [2.05, 4.69) is 0 Å². The summed E-state index contributed by atoms with van der Waals surface area (Å²) in [6, 6.07) is 18.1. The Morgan fingerprint density at radius 2 is 0.800 bits per heavy atom. The van der Waals surface area contributed by atoms with Crippen molar-refractivity contribution in [3.05, 3.63) is 83.9 Å². The van der Waals surface area contributed by atoms with E-state index < -0.39 is 20.2 Å². The lowest BCUT2D eigenvalue weighted by Crippen LogP contribution is -1.96. The average Bonchev–Trinajstić information content (AvgIpc) is 2.64. The first-order valence-electron chi connectivity index (χ1n) is 8.36. The van der Waals surface area contributed by atoms with Gasteiger partial charge in [-0.05, 0) is 50.2 Å². The number of benzene rings is 3. The van der Waals surface area contributed by atoms with Crippen LogP contribution < -0.4 is 0 Å². The quantitative estimate of drug-likeness (QED) is 0.339. The highest BCUT2D eigenvalue weighted by Crippen LogP contribution is 2.21. The average molecular weight is 455 g/mol. The Balaban J connectivity index is 0.000000228. The van der Waals surface area contributed by atoms with E-state index in [1.165, 1.54) is 36.4 Å². The molecule has 0 heterocycles. The van der Waals surface area contributed by atoms with E-state index >= 15 is 0 Å². The lowest BCUT2D eigenvalue weighted by atomic mass is 10.2. The Morgan fingerprint density at radius 1 is 0.533 bits per heavy atom. The first-order valence-corrected chi connectivity index (χ1v) is 11.2. The molecular weight excluding hydrogens is 432 g/mol. The summed E-state index contributed by atoms with van der Waals surface area (Å²) in [5, 5.41) is 17.3. The van der Waals surface area contributed by atoms with Crippen molar-refractivity contribution in [2.45, 2.75) is 23.6 Å². The minimum atomic E-state index is -4.02. The van der Waals surface area contributed by atoms with E-state index in [-0.39, 0.29) is 21.3 Å². The minimum absolute atomic E-state index is 0.0666.